The zero-order valence-corrected chi connectivity index (χ0v) is 23.2. The topological polar surface area (TPSA) is 49.8 Å². The number of hydrogen-bond acceptors (Lipinski definition) is 3. The fourth-order valence-corrected chi connectivity index (χ4v) is 4.98. The van der Waals surface area contributed by atoms with Crippen LogP contribution in [0.5, 0.6) is 5.75 Å². The Bertz CT molecular complexity index is 1400. The molecule has 0 unspecified atom stereocenters. The molecule has 4 aromatic carbocycles. The Balaban J connectivity index is 1.58. The van der Waals surface area contributed by atoms with E-state index in [1.165, 1.54) is 6.07 Å². The lowest BCUT2D eigenvalue weighted by Gasteiger charge is -2.33. The number of carboxylic acid groups (broad SMARTS) is 1. The second kappa shape index (κ2) is 14.1. The molecule has 0 heterocycles. The van der Waals surface area contributed by atoms with Gasteiger partial charge in [-0.2, -0.15) is 13.2 Å². The fraction of sp³-hybridized carbons (Fsp3) is 0.265. The van der Waals surface area contributed by atoms with Gasteiger partial charge in [0.05, 0.1) is 18.6 Å². The third-order valence-corrected chi connectivity index (χ3v) is 7.22. The fourth-order valence-electron chi connectivity index (χ4n) is 4.98. The Morgan fingerprint density at radius 2 is 1.50 bits per heavy atom. The molecule has 0 aliphatic carbocycles. The summed E-state index contributed by atoms with van der Waals surface area (Å²) in [6, 6.07) is 29.8. The third kappa shape index (κ3) is 8.66. The molecule has 4 aromatic rings. The Morgan fingerprint density at radius 3 is 2.10 bits per heavy atom. The van der Waals surface area contributed by atoms with Gasteiger partial charge in [0, 0.05) is 25.0 Å². The summed E-state index contributed by atoms with van der Waals surface area (Å²) in [5.41, 5.74) is 1.85. The lowest BCUT2D eigenvalue weighted by Crippen LogP contribution is -2.37. The molecule has 0 aliphatic heterocycles. The molecule has 0 saturated heterocycles. The number of carboxylic acids is 1. The highest BCUT2D eigenvalue weighted by Crippen LogP contribution is 2.33. The summed E-state index contributed by atoms with van der Waals surface area (Å²) in [5, 5.41) is 9.07. The van der Waals surface area contributed by atoms with E-state index in [4.69, 9.17) is 9.84 Å². The maximum Gasteiger partial charge on any atom is 0.419 e. The third-order valence-electron chi connectivity index (χ3n) is 7.22. The first kappa shape index (κ1) is 30.8. The molecule has 0 amide bonds. The van der Waals surface area contributed by atoms with Gasteiger partial charge in [0.25, 0.3) is 0 Å². The van der Waals surface area contributed by atoms with Crippen LogP contribution < -0.4 is 4.74 Å². The van der Waals surface area contributed by atoms with Gasteiger partial charge >= 0.3 is 12.1 Å². The van der Waals surface area contributed by atoms with Crippen LogP contribution in [-0.4, -0.2) is 35.2 Å². The van der Waals surface area contributed by atoms with E-state index in [2.05, 4.69) is 4.90 Å². The maximum absolute atomic E-state index is 14.1. The van der Waals surface area contributed by atoms with Crippen LogP contribution in [-0.2, 0) is 23.9 Å². The summed E-state index contributed by atoms with van der Waals surface area (Å²) in [6.07, 6.45) is -4.36. The van der Waals surface area contributed by atoms with Crippen LogP contribution in [0.1, 0.15) is 47.1 Å². The number of benzene rings is 4. The number of nitrogens with zero attached hydrogens (tertiary/aromatic N) is 1. The van der Waals surface area contributed by atoms with Gasteiger partial charge < -0.3 is 9.84 Å². The molecule has 0 radical (unpaired) electrons. The van der Waals surface area contributed by atoms with E-state index in [1.54, 1.807) is 24.3 Å². The average molecular weight is 580 g/mol. The second-order valence-electron chi connectivity index (χ2n) is 10.3. The van der Waals surface area contributed by atoms with E-state index in [-0.39, 0.29) is 24.9 Å². The summed E-state index contributed by atoms with van der Waals surface area (Å²) in [5.74, 6) is -1.74. The smallest absolute Gasteiger partial charge is 0.419 e. The second-order valence-corrected chi connectivity index (χ2v) is 10.3. The summed E-state index contributed by atoms with van der Waals surface area (Å²) in [7, 11) is 0. The Morgan fingerprint density at radius 1 is 0.857 bits per heavy atom. The van der Waals surface area contributed by atoms with Gasteiger partial charge in [-0.25, -0.2) is 4.39 Å². The van der Waals surface area contributed by atoms with E-state index >= 15 is 0 Å². The normalized spacial score (nSPS) is 12.5. The van der Waals surface area contributed by atoms with Gasteiger partial charge in [-0.05, 0) is 59.9 Å². The first-order valence-corrected chi connectivity index (χ1v) is 13.7. The van der Waals surface area contributed by atoms with Crippen molar-refractivity contribution in [2.75, 3.05) is 13.2 Å². The Hall–Kier alpha value is -4.17. The molecule has 0 spiro atoms. The number of alkyl halides is 3. The predicted molar refractivity (Wildman–Crippen MR) is 154 cm³/mol. The minimum absolute atomic E-state index is 0.0639. The van der Waals surface area contributed by atoms with Crippen molar-refractivity contribution in [2.24, 2.45) is 0 Å². The highest BCUT2D eigenvalue weighted by Gasteiger charge is 2.34. The van der Waals surface area contributed by atoms with E-state index in [1.807, 2.05) is 67.6 Å². The van der Waals surface area contributed by atoms with Crippen molar-refractivity contribution in [3.63, 3.8) is 0 Å². The van der Waals surface area contributed by atoms with Crippen LogP contribution in [0, 0.1) is 5.82 Å². The van der Waals surface area contributed by atoms with E-state index in [9.17, 15) is 22.4 Å². The number of carbonyl (C=O) groups is 1. The van der Waals surface area contributed by atoms with Gasteiger partial charge in [0.15, 0.2) is 0 Å². The van der Waals surface area contributed by atoms with Crippen LogP contribution >= 0.6 is 0 Å². The minimum Gasteiger partial charge on any atom is -0.494 e. The van der Waals surface area contributed by atoms with Crippen LogP contribution in [0.3, 0.4) is 0 Å². The van der Waals surface area contributed by atoms with E-state index in [0.29, 0.717) is 36.4 Å². The van der Waals surface area contributed by atoms with Crippen molar-refractivity contribution in [1.82, 2.24) is 4.90 Å². The molecule has 0 fully saturated rings. The molecule has 1 N–H and O–H groups in total. The quantitative estimate of drug-likeness (QED) is 0.163. The Labute approximate surface area is 243 Å². The summed E-state index contributed by atoms with van der Waals surface area (Å²) < 4.78 is 60.5. The molecule has 0 bridgehead atoms. The van der Waals surface area contributed by atoms with Crippen molar-refractivity contribution in [1.29, 1.82) is 0 Å². The maximum atomic E-state index is 14.1. The van der Waals surface area contributed by atoms with Crippen molar-refractivity contribution >= 4 is 5.97 Å². The molecule has 1 atom stereocenters. The highest BCUT2D eigenvalue weighted by atomic mass is 19.4. The number of hydrogen-bond donors (Lipinski definition) is 1. The van der Waals surface area contributed by atoms with Crippen LogP contribution in [0.25, 0.3) is 0 Å². The zero-order valence-electron chi connectivity index (χ0n) is 23.2. The van der Waals surface area contributed by atoms with Crippen molar-refractivity contribution in [2.45, 2.75) is 44.4 Å². The monoisotopic (exact) mass is 579 g/mol. The first-order valence-electron chi connectivity index (χ1n) is 13.7. The molecule has 4 nitrogen and oxygen atoms in total. The van der Waals surface area contributed by atoms with Crippen molar-refractivity contribution in [3.05, 3.63) is 137 Å². The first-order chi connectivity index (χ1) is 20.1. The lowest BCUT2D eigenvalue weighted by atomic mass is 9.90. The van der Waals surface area contributed by atoms with Crippen molar-refractivity contribution < 1.29 is 32.2 Å². The van der Waals surface area contributed by atoms with Gasteiger partial charge in [-0.15, -0.1) is 0 Å². The van der Waals surface area contributed by atoms with Crippen molar-refractivity contribution in [3.8, 4) is 5.75 Å². The van der Waals surface area contributed by atoms with Crippen LogP contribution in [0.4, 0.5) is 17.6 Å². The minimum atomic E-state index is -4.80. The molecular weight excluding hydrogens is 546 g/mol. The average Bonchev–Trinajstić information content (AvgIpc) is 2.96. The zero-order chi connectivity index (χ0) is 30.1. The standard InChI is InChI=1S/C34H33F4NO3/c1-24(17-18-42-29-14-8-9-25(19-29)21-33(40)41)39(22-26-15-16-32(35)31(20-26)34(36,37)38)23-30(27-10-4-2-5-11-27)28-12-6-3-7-13-28/h2-16,19-20,24,30H,17-18,21-23H2,1H3,(H,40,41)/t24-/m1/s1. The SMILES string of the molecule is C[C@H](CCOc1cccc(CC(=O)O)c1)N(Cc1ccc(F)c(C(F)(F)F)c1)CC(c1ccccc1)c1ccccc1. The molecule has 4 rings (SSSR count). The molecule has 0 aliphatic rings. The van der Waals surface area contributed by atoms with Gasteiger partial charge in [0.1, 0.15) is 11.6 Å². The summed E-state index contributed by atoms with van der Waals surface area (Å²) >= 11 is 0. The van der Waals surface area contributed by atoms with Crippen LogP contribution in [0.2, 0.25) is 0 Å². The molecule has 42 heavy (non-hydrogen) atoms. The van der Waals surface area contributed by atoms with Gasteiger partial charge in [-0.1, -0.05) is 78.9 Å². The van der Waals surface area contributed by atoms with E-state index in [0.717, 1.165) is 23.3 Å². The van der Waals surface area contributed by atoms with Gasteiger partial charge in [-0.3, -0.25) is 9.69 Å². The Kier molecular flexibility index (Phi) is 10.4. The molecule has 0 aromatic heterocycles. The lowest BCUT2D eigenvalue weighted by molar-refractivity contribution is -0.140. The molecular formula is C34H33F4NO3. The molecule has 220 valence electrons. The molecule has 0 saturated carbocycles. The largest absolute Gasteiger partial charge is 0.494 e. The molecule has 8 heteroatoms. The van der Waals surface area contributed by atoms with Gasteiger partial charge in [0.2, 0.25) is 0 Å². The summed E-state index contributed by atoms with van der Waals surface area (Å²) in [4.78, 5) is 13.2. The highest BCUT2D eigenvalue weighted by molar-refractivity contribution is 5.70. The van der Waals surface area contributed by atoms with Crippen LogP contribution in [0.15, 0.2) is 103 Å². The summed E-state index contributed by atoms with van der Waals surface area (Å²) in [6.45, 7) is 2.98. The number of halogens is 4. The number of aliphatic carboxylic acids is 1. The number of rotatable bonds is 13. The predicted octanol–water partition coefficient (Wildman–Crippen LogP) is 7.96. The number of ether oxygens (including phenoxy) is 1. The van der Waals surface area contributed by atoms with E-state index < -0.39 is 23.5 Å².